The van der Waals surface area contributed by atoms with Crippen LogP contribution >= 0.6 is 23.2 Å². The first-order valence-electron chi connectivity index (χ1n) is 8.86. The Morgan fingerprint density at radius 2 is 1.55 bits per heavy atom. The second-order valence-electron chi connectivity index (χ2n) is 6.98. The van der Waals surface area contributed by atoms with E-state index in [0.717, 1.165) is 17.4 Å². The fraction of sp³-hybridized carbons (Fsp3) is 0.136. The van der Waals surface area contributed by atoms with Crippen LogP contribution in [0, 0.1) is 0 Å². The lowest BCUT2D eigenvalue weighted by Gasteiger charge is -2.34. The van der Waals surface area contributed by atoms with Crippen molar-refractivity contribution in [3.63, 3.8) is 0 Å². The van der Waals surface area contributed by atoms with Crippen molar-refractivity contribution in [2.45, 2.75) is 16.4 Å². The van der Waals surface area contributed by atoms with E-state index in [0.29, 0.717) is 16.1 Å². The monoisotopic (exact) mass is 445 g/mol. The Morgan fingerprint density at radius 3 is 2.17 bits per heavy atom. The number of alkyl halides is 1. The minimum atomic E-state index is -3.29. The molecule has 1 aliphatic heterocycles. The summed E-state index contributed by atoms with van der Waals surface area (Å²) in [5, 5.41) is 0.578. The van der Waals surface area contributed by atoms with Crippen LogP contribution in [0.5, 0.6) is 0 Å². The molecule has 0 saturated carbocycles. The average Bonchev–Trinajstić information content (AvgIpc) is 2.91. The normalized spacial score (nSPS) is 18.7. The topological polar surface area (TPSA) is 54.5 Å². The molecular formula is C22H17Cl2NO3S. The van der Waals surface area contributed by atoms with Crippen LogP contribution in [0.15, 0.2) is 77.7 Å². The predicted octanol–water partition coefficient (Wildman–Crippen LogP) is 4.84. The van der Waals surface area contributed by atoms with Crippen molar-refractivity contribution in [3.8, 4) is 0 Å². The largest absolute Gasteiger partial charge is 0.307 e. The molecular weight excluding hydrogens is 429 g/mol. The first-order valence-corrected chi connectivity index (χ1v) is 11.5. The summed E-state index contributed by atoms with van der Waals surface area (Å²) >= 11 is 13.2. The number of fused-ring (bicyclic) bond motifs is 1. The van der Waals surface area contributed by atoms with Crippen molar-refractivity contribution in [2.24, 2.45) is 0 Å². The summed E-state index contributed by atoms with van der Waals surface area (Å²) in [7, 11) is -3.29. The number of halogens is 2. The summed E-state index contributed by atoms with van der Waals surface area (Å²) in [5.41, 5.74) is 2.76. The highest BCUT2D eigenvalue weighted by Gasteiger charge is 2.49. The molecule has 4 rings (SSSR count). The molecule has 4 nitrogen and oxygen atoms in total. The standard InChI is InChI=1S/C22H17Cl2NO3S/c1-29(27,28)18-12-6-15(7-13-18)14-25-21(26)19-4-2-3-5-20(19)22(25,24)16-8-10-17(23)11-9-16/h2-13H,14H2,1H3. The van der Waals surface area contributed by atoms with E-state index in [1.54, 1.807) is 41.3 Å². The Bertz CT molecular complexity index is 1190. The number of rotatable bonds is 4. The molecule has 0 N–H and O–H groups in total. The quantitative estimate of drug-likeness (QED) is 0.426. The van der Waals surface area contributed by atoms with Crippen molar-refractivity contribution in [2.75, 3.05) is 6.26 Å². The van der Waals surface area contributed by atoms with Gasteiger partial charge >= 0.3 is 0 Å². The van der Waals surface area contributed by atoms with E-state index in [1.807, 2.05) is 24.3 Å². The number of nitrogens with zero attached hydrogens (tertiary/aromatic N) is 1. The Hall–Kier alpha value is -2.34. The number of sulfone groups is 1. The third kappa shape index (κ3) is 3.44. The lowest BCUT2D eigenvalue weighted by atomic mass is 9.97. The molecule has 3 aromatic carbocycles. The minimum absolute atomic E-state index is 0.183. The van der Waals surface area contributed by atoms with Gasteiger partial charge in [-0.2, -0.15) is 0 Å². The molecule has 148 valence electrons. The molecule has 1 amide bonds. The summed E-state index contributed by atoms with van der Waals surface area (Å²) in [6, 6.07) is 20.8. The first kappa shape index (κ1) is 20.0. The SMILES string of the molecule is CS(=O)(=O)c1ccc(CN2C(=O)c3ccccc3C2(Cl)c2ccc(Cl)cc2)cc1. The number of carbonyl (C=O) groups excluding carboxylic acids is 1. The molecule has 1 heterocycles. The Balaban J connectivity index is 1.79. The molecule has 1 unspecified atom stereocenters. The number of hydrogen-bond donors (Lipinski definition) is 0. The predicted molar refractivity (Wildman–Crippen MR) is 114 cm³/mol. The molecule has 3 aromatic rings. The highest BCUT2D eigenvalue weighted by molar-refractivity contribution is 7.90. The maximum atomic E-state index is 13.2. The maximum Gasteiger partial charge on any atom is 0.256 e. The van der Waals surface area contributed by atoms with Gasteiger partial charge in [0.1, 0.15) is 0 Å². The number of benzene rings is 3. The molecule has 1 aliphatic rings. The molecule has 1 atom stereocenters. The van der Waals surface area contributed by atoms with Gasteiger partial charge in [-0.05, 0) is 41.5 Å². The number of amides is 1. The van der Waals surface area contributed by atoms with Gasteiger partial charge in [0.15, 0.2) is 14.8 Å². The van der Waals surface area contributed by atoms with E-state index >= 15 is 0 Å². The van der Waals surface area contributed by atoms with Gasteiger partial charge in [-0.25, -0.2) is 8.42 Å². The summed E-state index contributed by atoms with van der Waals surface area (Å²) in [6.45, 7) is 0.226. The smallest absolute Gasteiger partial charge is 0.256 e. The van der Waals surface area contributed by atoms with Crippen LogP contribution in [-0.4, -0.2) is 25.5 Å². The van der Waals surface area contributed by atoms with Crippen LogP contribution in [0.4, 0.5) is 0 Å². The lowest BCUT2D eigenvalue weighted by Crippen LogP contribution is -2.39. The maximum absolute atomic E-state index is 13.2. The summed E-state index contributed by atoms with van der Waals surface area (Å²) in [4.78, 5) is 13.8. The summed E-state index contributed by atoms with van der Waals surface area (Å²) in [6.07, 6.45) is 1.16. The van der Waals surface area contributed by atoms with E-state index in [9.17, 15) is 13.2 Å². The summed E-state index contributed by atoms with van der Waals surface area (Å²) in [5.74, 6) is -0.183. The van der Waals surface area contributed by atoms with Crippen LogP contribution < -0.4 is 0 Å². The van der Waals surface area contributed by atoms with Crippen molar-refractivity contribution >= 4 is 38.9 Å². The minimum Gasteiger partial charge on any atom is -0.307 e. The third-order valence-electron chi connectivity index (χ3n) is 5.05. The molecule has 0 radical (unpaired) electrons. The van der Waals surface area contributed by atoms with Gasteiger partial charge < -0.3 is 4.90 Å². The highest BCUT2D eigenvalue weighted by atomic mass is 35.5. The van der Waals surface area contributed by atoms with E-state index < -0.39 is 14.8 Å². The van der Waals surface area contributed by atoms with Crippen LogP contribution in [-0.2, 0) is 21.4 Å². The Morgan fingerprint density at radius 1 is 0.931 bits per heavy atom. The van der Waals surface area contributed by atoms with Crippen molar-refractivity contribution in [1.82, 2.24) is 4.90 Å². The zero-order chi connectivity index (χ0) is 20.8. The third-order valence-corrected chi connectivity index (χ3v) is 7.06. The molecule has 0 saturated heterocycles. The fourth-order valence-corrected chi connectivity index (χ4v) is 4.76. The molecule has 0 aliphatic carbocycles. The zero-order valence-corrected chi connectivity index (χ0v) is 17.8. The second kappa shape index (κ2) is 7.17. The highest BCUT2D eigenvalue weighted by Crippen LogP contribution is 2.48. The number of hydrogen-bond acceptors (Lipinski definition) is 3. The van der Waals surface area contributed by atoms with Gasteiger partial charge in [-0.1, -0.05) is 65.7 Å². The van der Waals surface area contributed by atoms with E-state index in [2.05, 4.69) is 0 Å². The lowest BCUT2D eigenvalue weighted by molar-refractivity contribution is 0.0702. The van der Waals surface area contributed by atoms with Gasteiger partial charge in [-0.15, -0.1) is 0 Å². The van der Waals surface area contributed by atoms with Gasteiger partial charge in [0, 0.05) is 29.0 Å². The van der Waals surface area contributed by atoms with Crippen molar-refractivity contribution in [3.05, 3.63) is 100 Å². The van der Waals surface area contributed by atoms with Gasteiger partial charge in [0.05, 0.1) is 4.90 Å². The number of carbonyl (C=O) groups is 1. The first-order chi connectivity index (χ1) is 13.7. The molecule has 29 heavy (non-hydrogen) atoms. The average molecular weight is 446 g/mol. The van der Waals surface area contributed by atoms with Crippen LogP contribution in [0.1, 0.15) is 27.0 Å². The zero-order valence-electron chi connectivity index (χ0n) is 15.5. The van der Waals surface area contributed by atoms with E-state index in [4.69, 9.17) is 23.2 Å². The summed E-state index contributed by atoms with van der Waals surface area (Å²) < 4.78 is 23.4. The van der Waals surface area contributed by atoms with Crippen LogP contribution in [0.2, 0.25) is 5.02 Å². The van der Waals surface area contributed by atoms with E-state index in [-0.39, 0.29) is 17.3 Å². The van der Waals surface area contributed by atoms with Gasteiger partial charge in [0.2, 0.25) is 0 Å². The van der Waals surface area contributed by atoms with E-state index in [1.165, 1.54) is 12.1 Å². The van der Waals surface area contributed by atoms with Crippen molar-refractivity contribution in [1.29, 1.82) is 0 Å². The molecule has 0 aromatic heterocycles. The molecule has 7 heteroatoms. The molecule has 0 fully saturated rings. The second-order valence-corrected chi connectivity index (χ2v) is 9.98. The fourth-order valence-electron chi connectivity index (χ4n) is 3.58. The molecule has 0 spiro atoms. The van der Waals surface area contributed by atoms with Gasteiger partial charge in [-0.3, -0.25) is 4.79 Å². The van der Waals surface area contributed by atoms with Crippen molar-refractivity contribution < 1.29 is 13.2 Å². The Kier molecular flexibility index (Phi) is 4.93. The van der Waals surface area contributed by atoms with Gasteiger partial charge in [0.25, 0.3) is 5.91 Å². The van der Waals surface area contributed by atoms with Crippen LogP contribution in [0.3, 0.4) is 0 Å². The Labute approximate surface area is 179 Å². The van der Waals surface area contributed by atoms with Crippen LogP contribution in [0.25, 0.3) is 0 Å². The molecule has 0 bridgehead atoms.